The van der Waals surface area contributed by atoms with Gasteiger partial charge in [-0.1, -0.05) is 0 Å². The van der Waals surface area contributed by atoms with Crippen LogP contribution < -0.4 is 4.31 Å². The number of amides is 1. The molecule has 0 bridgehead atoms. The fourth-order valence-corrected chi connectivity index (χ4v) is 5.40. The lowest BCUT2D eigenvalue weighted by Crippen LogP contribution is -2.35. The molecule has 10 heteroatoms. The van der Waals surface area contributed by atoms with Crippen LogP contribution in [0, 0.1) is 0 Å². The predicted molar refractivity (Wildman–Crippen MR) is 101 cm³/mol. The number of rotatable bonds is 3. The predicted octanol–water partition coefficient (Wildman–Crippen LogP) is 3.71. The fourth-order valence-electron chi connectivity index (χ4n) is 2.78. The van der Waals surface area contributed by atoms with Crippen LogP contribution in [0.5, 0.6) is 0 Å². The Morgan fingerprint density at radius 3 is 2.32 bits per heavy atom. The number of alkyl halides is 3. The first kappa shape index (κ1) is 20.5. The van der Waals surface area contributed by atoms with Gasteiger partial charge in [-0.3, -0.25) is 9.10 Å². The van der Waals surface area contributed by atoms with E-state index in [1.807, 2.05) is 0 Å². The highest BCUT2D eigenvalue weighted by Gasteiger charge is 2.33. The lowest BCUT2D eigenvalue weighted by Gasteiger charge is -2.30. The molecule has 0 atom stereocenters. The molecule has 150 valence electrons. The van der Waals surface area contributed by atoms with Crippen LogP contribution in [0.25, 0.3) is 0 Å². The van der Waals surface area contributed by atoms with Crippen LogP contribution >= 0.6 is 11.8 Å². The van der Waals surface area contributed by atoms with Crippen molar-refractivity contribution in [2.24, 2.45) is 0 Å². The maximum atomic E-state index is 13.1. The van der Waals surface area contributed by atoms with Crippen molar-refractivity contribution in [2.45, 2.75) is 16.0 Å². The molecule has 1 heterocycles. The maximum absolute atomic E-state index is 13.1. The summed E-state index contributed by atoms with van der Waals surface area (Å²) in [6.07, 6.45) is -4.54. The van der Waals surface area contributed by atoms with Crippen LogP contribution in [0.4, 0.5) is 18.9 Å². The summed E-state index contributed by atoms with van der Waals surface area (Å²) in [5, 5.41) is 0. The molecule has 0 radical (unpaired) electrons. The molecule has 0 N–H and O–H groups in total. The molecule has 0 saturated carbocycles. The van der Waals surface area contributed by atoms with Gasteiger partial charge in [0, 0.05) is 36.9 Å². The molecule has 5 nitrogen and oxygen atoms in total. The Bertz CT molecular complexity index is 1000. The minimum absolute atomic E-state index is 0.153. The van der Waals surface area contributed by atoms with Crippen molar-refractivity contribution in [3.8, 4) is 0 Å². The van der Waals surface area contributed by atoms with Crippen LogP contribution in [0.15, 0.2) is 52.3 Å². The van der Waals surface area contributed by atoms with Crippen LogP contribution in [0.1, 0.15) is 15.9 Å². The topological polar surface area (TPSA) is 57.7 Å². The summed E-state index contributed by atoms with van der Waals surface area (Å²) in [7, 11) is -0.892. The van der Waals surface area contributed by atoms with Gasteiger partial charge in [0.15, 0.2) is 0 Å². The third-order valence-electron chi connectivity index (χ3n) is 4.20. The Morgan fingerprint density at radius 2 is 1.75 bits per heavy atom. The largest absolute Gasteiger partial charge is 0.416 e. The summed E-state index contributed by atoms with van der Waals surface area (Å²) in [4.78, 5) is 14.1. The zero-order valence-corrected chi connectivity index (χ0v) is 16.7. The Hall–Kier alpha value is -2.20. The molecule has 2 aromatic carbocycles. The van der Waals surface area contributed by atoms with E-state index in [2.05, 4.69) is 0 Å². The van der Waals surface area contributed by atoms with Crippen molar-refractivity contribution >= 4 is 33.4 Å². The van der Waals surface area contributed by atoms with E-state index in [0.717, 1.165) is 28.6 Å². The number of halogens is 3. The zero-order valence-electron chi connectivity index (χ0n) is 15.0. The minimum atomic E-state index is -4.54. The van der Waals surface area contributed by atoms with E-state index in [-0.39, 0.29) is 17.3 Å². The number of anilines is 1. The molecule has 1 aliphatic rings. The van der Waals surface area contributed by atoms with Gasteiger partial charge in [-0.25, -0.2) is 8.42 Å². The first-order chi connectivity index (χ1) is 13.0. The molecule has 0 unspecified atom stereocenters. The zero-order chi connectivity index (χ0) is 20.7. The van der Waals surface area contributed by atoms with Crippen molar-refractivity contribution in [2.75, 3.05) is 30.7 Å². The number of hydrogen-bond acceptors (Lipinski definition) is 4. The van der Waals surface area contributed by atoms with Gasteiger partial charge < -0.3 is 4.90 Å². The highest BCUT2D eigenvalue weighted by molar-refractivity contribution is 8.00. The molecule has 1 aliphatic heterocycles. The number of hydrogen-bond donors (Lipinski definition) is 0. The summed E-state index contributed by atoms with van der Waals surface area (Å²) in [6, 6.07) is 8.22. The highest BCUT2D eigenvalue weighted by atomic mass is 32.2. The first-order valence-corrected chi connectivity index (χ1v) is 10.6. The third-order valence-corrected chi connectivity index (χ3v) is 7.07. The van der Waals surface area contributed by atoms with Gasteiger partial charge in [0.25, 0.3) is 15.9 Å². The van der Waals surface area contributed by atoms with E-state index in [1.54, 1.807) is 26.2 Å². The number of thioether (sulfide) groups is 1. The lowest BCUT2D eigenvalue weighted by molar-refractivity contribution is -0.137. The Labute approximate surface area is 165 Å². The van der Waals surface area contributed by atoms with Crippen LogP contribution in [0.3, 0.4) is 0 Å². The van der Waals surface area contributed by atoms with E-state index >= 15 is 0 Å². The molecule has 0 saturated heterocycles. The fraction of sp³-hybridized carbons (Fsp3) is 0.278. The second-order valence-corrected chi connectivity index (χ2v) is 9.33. The van der Waals surface area contributed by atoms with Crippen LogP contribution in [0.2, 0.25) is 0 Å². The monoisotopic (exact) mass is 430 g/mol. The highest BCUT2D eigenvalue weighted by Crippen LogP contribution is 2.39. The summed E-state index contributed by atoms with van der Waals surface area (Å²) in [6.45, 7) is 0.153. The van der Waals surface area contributed by atoms with Gasteiger partial charge in [-0.15, -0.1) is 11.8 Å². The van der Waals surface area contributed by atoms with Crippen molar-refractivity contribution in [1.82, 2.24) is 4.90 Å². The van der Waals surface area contributed by atoms with Crippen molar-refractivity contribution in [1.29, 1.82) is 0 Å². The maximum Gasteiger partial charge on any atom is 0.416 e. The molecule has 2 aromatic rings. The summed E-state index contributed by atoms with van der Waals surface area (Å²) >= 11 is 1.46. The van der Waals surface area contributed by atoms with E-state index in [9.17, 15) is 26.4 Å². The quantitative estimate of drug-likeness (QED) is 0.745. The third kappa shape index (κ3) is 3.83. The van der Waals surface area contributed by atoms with E-state index < -0.39 is 21.8 Å². The molecule has 0 aromatic heterocycles. The molecule has 3 rings (SSSR count). The Kier molecular flexibility index (Phi) is 5.37. The average Bonchev–Trinajstić information content (AvgIpc) is 2.65. The van der Waals surface area contributed by atoms with E-state index in [0.29, 0.717) is 21.9 Å². The number of nitrogens with zero attached hydrogens (tertiary/aromatic N) is 2. The van der Waals surface area contributed by atoms with Gasteiger partial charge in [-0.05, 0) is 42.5 Å². The van der Waals surface area contributed by atoms with Gasteiger partial charge in [0.1, 0.15) is 0 Å². The Morgan fingerprint density at radius 1 is 1.11 bits per heavy atom. The SMILES string of the molecule is CN(C)C(=O)c1ccc2c(c1)N(S(=O)(=O)c1ccc(C(F)(F)F)cc1)CCS2. The van der Waals surface area contributed by atoms with Crippen molar-refractivity contribution in [3.05, 3.63) is 53.6 Å². The molecular weight excluding hydrogens is 413 g/mol. The molecule has 0 fully saturated rings. The Balaban J connectivity index is 2.03. The van der Waals surface area contributed by atoms with Gasteiger partial charge >= 0.3 is 6.18 Å². The second-order valence-electron chi connectivity index (χ2n) is 6.33. The van der Waals surface area contributed by atoms with E-state index in [1.165, 1.54) is 22.7 Å². The number of fused-ring (bicyclic) bond motifs is 1. The molecule has 0 spiro atoms. The normalized spacial score (nSPS) is 14.5. The van der Waals surface area contributed by atoms with Crippen molar-refractivity contribution in [3.63, 3.8) is 0 Å². The van der Waals surface area contributed by atoms with E-state index in [4.69, 9.17) is 0 Å². The average molecular weight is 430 g/mol. The number of sulfonamides is 1. The standard InChI is InChI=1S/C18H17F3N2O3S2/c1-22(2)17(24)12-3-8-16-15(11-12)23(9-10-27-16)28(25,26)14-6-4-13(5-7-14)18(19,20)21/h3-8,11H,9-10H2,1-2H3. The van der Waals surface area contributed by atoms with Crippen LogP contribution in [-0.4, -0.2) is 45.6 Å². The van der Waals surface area contributed by atoms with Gasteiger partial charge in [-0.2, -0.15) is 13.2 Å². The van der Waals surface area contributed by atoms with Crippen LogP contribution in [-0.2, 0) is 16.2 Å². The number of carbonyl (C=O) groups excluding carboxylic acids is 1. The smallest absolute Gasteiger partial charge is 0.345 e. The summed E-state index contributed by atoms with van der Waals surface area (Å²) < 4.78 is 65.5. The summed E-state index contributed by atoms with van der Waals surface area (Å²) in [5.41, 5.74) is -0.234. The lowest BCUT2D eigenvalue weighted by atomic mass is 10.1. The number of benzene rings is 2. The van der Waals surface area contributed by atoms with Gasteiger partial charge in [0.05, 0.1) is 16.1 Å². The molecule has 0 aliphatic carbocycles. The minimum Gasteiger partial charge on any atom is -0.345 e. The summed E-state index contributed by atoms with van der Waals surface area (Å²) in [5.74, 6) is 0.221. The molecular formula is C18H17F3N2O3S2. The first-order valence-electron chi connectivity index (χ1n) is 8.20. The van der Waals surface area contributed by atoms with Crippen molar-refractivity contribution < 1.29 is 26.4 Å². The molecule has 28 heavy (non-hydrogen) atoms. The number of carbonyl (C=O) groups is 1. The second kappa shape index (κ2) is 7.32. The molecule has 1 amide bonds. The van der Waals surface area contributed by atoms with Gasteiger partial charge in [0.2, 0.25) is 0 Å².